The molecule has 0 saturated heterocycles. The van der Waals surface area contributed by atoms with Gasteiger partial charge in [0.25, 0.3) is 0 Å². The number of benzene rings is 1. The van der Waals surface area contributed by atoms with Crippen molar-refractivity contribution in [3.63, 3.8) is 0 Å². The van der Waals surface area contributed by atoms with Crippen LogP contribution in [0.25, 0.3) is 0 Å². The monoisotopic (exact) mass is 269 g/mol. The molecule has 0 amide bonds. The smallest absolute Gasteiger partial charge is 0.219 e. The first-order valence-electron chi connectivity index (χ1n) is 5.96. The number of rotatable bonds is 7. The number of carbonyl (C=O) groups excluding carboxylic acids is 1. The lowest BCUT2D eigenvalue weighted by Crippen LogP contribution is -2.31. The molecule has 4 nitrogen and oxygen atoms in total. The minimum atomic E-state index is -3.52. The highest BCUT2D eigenvalue weighted by atomic mass is 32.2. The van der Waals surface area contributed by atoms with E-state index in [-0.39, 0.29) is 5.78 Å². The van der Waals surface area contributed by atoms with Gasteiger partial charge in [0.05, 0.1) is 0 Å². The van der Waals surface area contributed by atoms with Gasteiger partial charge in [-0.1, -0.05) is 44.2 Å². The zero-order valence-electron chi connectivity index (χ0n) is 10.7. The van der Waals surface area contributed by atoms with E-state index in [0.29, 0.717) is 18.0 Å². The maximum atomic E-state index is 11.7. The van der Waals surface area contributed by atoms with Crippen LogP contribution in [-0.2, 0) is 10.0 Å². The molecule has 100 valence electrons. The molecule has 0 aliphatic rings. The molecule has 5 heteroatoms. The minimum Gasteiger partial charge on any atom is -0.293 e. The summed E-state index contributed by atoms with van der Waals surface area (Å²) in [6.45, 7) is 4.41. The summed E-state index contributed by atoms with van der Waals surface area (Å²) in [6, 6.07) is 8.45. The molecule has 0 radical (unpaired) electrons. The Bertz CT molecular complexity index is 480. The molecule has 1 rings (SSSR count). The summed E-state index contributed by atoms with van der Waals surface area (Å²) in [5, 5.41) is 0. The van der Waals surface area contributed by atoms with E-state index in [1.54, 1.807) is 30.3 Å². The van der Waals surface area contributed by atoms with Crippen LogP contribution in [-0.4, -0.2) is 26.5 Å². The minimum absolute atomic E-state index is 0.377. The molecule has 0 bridgehead atoms. The van der Waals surface area contributed by atoms with Crippen molar-refractivity contribution in [1.82, 2.24) is 4.72 Å². The van der Waals surface area contributed by atoms with Crippen LogP contribution < -0.4 is 4.72 Å². The van der Waals surface area contributed by atoms with E-state index in [0.717, 1.165) is 6.42 Å². The number of hydrogen-bond donors (Lipinski definition) is 1. The Labute approximate surface area is 108 Å². The van der Waals surface area contributed by atoms with E-state index in [1.807, 2.05) is 13.8 Å². The molecular formula is C13H19NO3S. The van der Waals surface area contributed by atoms with Crippen LogP contribution in [0, 0.1) is 5.92 Å². The fraction of sp³-hybridized carbons (Fsp3) is 0.462. The van der Waals surface area contributed by atoms with E-state index >= 15 is 0 Å². The van der Waals surface area contributed by atoms with Crippen LogP contribution in [0.4, 0.5) is 0 Å². The first kappa shape index (κ1) is 14.9. The summed E-state index contributed by atoms with van der Waals surface area (Å²) in [4.78, 5) is 11.7. The van der Waals surface area contributed by atoms with Gasteiger partial charge in [0.1, 0.15) is 5.75 Å². The van der Waals surface area contributed by atoms with Gasteiger partial charge in [0.15, 0.2) is 5.78 Å². The second-order valence-electron chi connectivity index (χ2n) is 4.63. The first-order valence-corrected chi connectivity index (χ1v) is 7.61. The van der Waals surface area contributed by atoms with E-state index in [2.05, 4.69) is 4.72 Å². The summed E-state index contributed by atoms with van der Waals surface area (Å²) in [5.74, 6) is -0.445. The Kier molecular flexibility index (Phi) is 5.50. The van der Waals surface area contributed by atoms with E-state index < -0.39 is 15.8 Å². The summed E-state index contributed by atoms with van der Waals surface area (Å²) in [6.07, 6.45) is 0.763. The zero-order valence-corrected chi connectivity index (χ0v) is 11.5. The van der Waals surface area contributed by atoms with Gasteiger partial charge in [-0.25, -0.2) is 13.1 Å². The average Bonchev–Trinajstić information content (AvgIpc) is 2.28. The third-order valence-corrected chi connectivity index (χ3v) is 3.75. The van der Waals surface area contributed by atoms with E-state index in [9.17, 15) is 13.2 Å². The Morgan fingerprint density at radius 2 is 1.83 bits per heavy atom. The van der Waals surface area contributed by atoms with Gasteiger partial charge in [0, 0.05) is 12.1 Å². The van der Waals surface area contributed by atoms with Gasteiger partial charge in [0.2, 0.25) is 10.0 Å². The molecule has 0 aliphatic carbocycles. The highest BCUT2D eigenvalue weighted by Gasteiger charge is 2.17. The molecule has 1 aromatic carbocycles. The van der Waals surface area contributed by atoms with Crippen molar-refractivity contribution in [3.05, 3.63) is 35.9 Å². The predicted octanol–water partition coefficient (Wildman–Crippen LogP) is 1.83. The van der Waals surface area contributed by atoms with Gasteiger partial charge < -0.3 is 0 Å². The van der Waals surface area contributed by atoms with E-state index in [1.165, 1.54) is 0 Å². The molecule has 0 heterocycles. The Hall–Kier alpha value is -1.20. The van der Waals surface area contributed by atoms with Crippen LogP contribution in [0.1, 0.15) is 30.6 Å². The molecule has 0 aliphatic heterocycles. The molecule has 1 N–H and O–H groups in total. The number of carbonyl (C=O) groups is 1. The third kappa shape index (κ3) is 5.42. The molecule has 18 heavy (non-hydrogen) atoms. The van der Waals surface area contributed by atoms with Crippen LogP contribution in [0.5, 0.6) is 0 Å². The van der Waals surface area contributed by atoms with Crippen molar-refractivity contribution in [2.75, 3.05) is 12.3 Å². The first-order chi connectivity index (χ1) is 8.41. The molecule has 0 atom stereocenters. The fourth-order valence-electron chi connectivity index (χ4n) is 1.43. The summed E-state index contributed by atoms with van der Waals surface area (Å²) in [5.41, 5.74) is 0.423. The lowest BCUT2D eigenvalue weighted by Gasteiger charge is -2.07. The van der Waals surface area contributed by atoms with Gasteiger partial charge in [-0.15, -0.1) is 0 Å². The normalized spacial score (nSPS) is 11.7. The highest BCUT2D eigenvalue weighted by molar-refractivity contribution is 7.90. The molecule has 0 spiro atoms. The number of Topliss-reactive ketones (excluding diaryl/α,β-unsaturated/α-hetero) is 1. The largest absolute Gasteiger partial charge is 0.293 e. The van der Waals surface area contributed by atoms with Crippen LogP contribution >= 0.6 is 0 Å². The zero-order chi connectivity index (χ0) is 13.6. The molecule has 0 fully saturated rings. The lowest BCUT2D eigenvalue weighted by atomic mass is 10.1. The standard InChI is InChI=1S/C13H19NO3S/c1-11(2)8-9-14-18(16,17)10-13(15)12-6-4-3-5-7-12/h3-7,11,14H,8-10H2,1-2H3. The second kappa shape index (κ2) is 6.66. The average molecular weight is 269 g/mol. The quantitative estimate of drug-likeness (QED) is 0.768. The van der Waals surface area contributed by atoms with Crippen molar-refractivity contribution in [3.8, 4) is 0 Å². The van der Waals surface area contributed by atoms with Crippen molar-refractivity contribution >= 4 is 15.8 Å². The van der Waals surface area contributed by atoms with Crippen LogP contribution in [0.15, 0.2) is 30.3 Å². The second-order valence-corrected chi connectivity index (χ2v) is 6.43. The van der Waals surface area contributed by atoms with E-state index in [4.69, 9.17) is 0 Å². The maximum Gasteiger partial charge on any atom is 0.219 e. The van der Waals surface area contributed by atoms with Crippen molar-refractivity contribution in [1.29, 1.82) is 0 Å². The Morgan fingerprint density at radius 1 is 1.22 bits per heavy atom. The summed E-state index contributed by atoms with van der Waals surface area (Å²) >= 11 is 0. The lowest BCUT2D eigenvalue weighted by molar-refractivity contribution is 0.102. The molecule has 0 saturated carbocycles. The van der Waals surface area contributed by atoms with Gasteiger partial charge in [-0.3, -0.25) is 4.79 Å². The van der Waals surface area contributed by atoms with Crippen LogP contribution in [0.2, 0.25) is 0 Å². The molecule has 0 unspecified atom stereocenters. The van der Waals surface area contributed by atoms with Gasteiger partial charge in [-0.05, 0) is 12.3 Å². The van der Waals surface area contributed by atoms with Gasteiger partial charge in [-0.2, -0.15) is 0 Å². The predicted molar refractivity (Wildman–Crippen MR) is 72.0 cm³/mol. The number of hydrogen-bond acceptors (Lipinski definition) is 3. The summed E-state index contributed by atoms with van der Waals surface area (Å²) < 4.78 is 25.8. The number of nitrogens with one attached hydrogen (secondary N) is 1. The van der Waals surface area contributed by atoms with Crippen LogP contribution in [0.3, 0.4) is 0 Å². The summed E-state index contributed by atoms with van der Waals surface area (Å²) in [7, 11) is -3.52. The van der Waals surface area contributed by atoms with Crippen molar-refractivity contribution in [2.24, 2.45) is 5.92 Å². The van der Waals surface area contributed by atoms with Crippen molar-refractivity contribution in [2.45, 2.75) is 20.3 Å². The number of ketones is 1. The number of sulfonamides is 1. The Balaban J connectivity index is 2.53. The van der Waals surface area contributed by atoms with Gasteiger partial charge >= 0.3 is 0 Å². The fourth-order valence-corrected chi connectivity index (χ4v) is 2.48. The molecule has 1 aromatic rings. The Morgan fingerprint density at radius 3 is 2.39 bits per heavy atom. The van der Waals surface area contributed by atoms with Crippen molar-refractivity contribution < 1.29 is 13.2 Å². The highest BCUT2D eigenvalue weighted by Crippen LogP contribution is 2.03. The third-order valence-electron chi connectivity index (χ3n) is 2.46. The topological polar surface area (TPSA) is 63.2 Å². The maximum absolute atomic E-state index is 11.7. The SMILES string of the molecule is CC(C)CCNS(=O)(=O)CC(=O)c1ccccc1. The molecular weight excluding hydrogens is 250 g/mol. The molecule has 0 aromatic heterocycles.